The van der Waals surface area contributed by atoms with E-state index in [4.69, 9.17) is 8.23 Å². The van der Waals surface area contributed by atoms with E-state index in [9.17, 15) is 0 Å². The molecule has 0 heterocycles. The lowest BCUT2D eigenvalue weighted by Gasteiger charge is -2.25. The molecular weight excluding hydrogens is 361 g/mol. The Morgan fingerprint density at radius 3 is 1.00 bits per heavy atom. The summed E-state index contributed by atoms with van der Waals surface area (Å²) >= 11 is 0. The van der Waals surface area contributed by atoms with Gasteiger partial charge >= 0.3 is 0 Å². The van der Waals surface area contributed by atoms with Crippen LogP contribution >= 0.6 is 0 Å². The predicted molar refractivity (Wildman–Crippen MR) is 121 cm³/mol. The van der Waals surface area contributed by atoms with Crippen LogP contribution in [0.2, 0.25) is 64.5 Å². The van der Waals surface area contributed by atoms with E-state index >= 15 is 0 Å². The summed E-state index contributed by atoms with van der Waals surface area (Å²) in [5.41, 5.74) is 0. The van der Waals surface area contributed by atoms with Crippen molar-refractivity contribution in [2.24, 2.45) is 0 Å². The van der Waals surface area contributed by atoms with Crippen molar-refractivity contribution in [3.05, 3.63) is 0 Å². The molecule has 0 saturated carbocycles. The van der Waals surface area contributed by atoms with E-state index in [1.165, 1.54) is 63.5 Å². The highest BCUT2D eigenvalue weighted by Gasteiger charge is 2.23. The van der Waals surface area contributed by atoms with Crippen molar-refractivity contribution in [3.63, 3.8) is 0 Å². The molecule has 0 radical (unpaired) electrons. The maximum absolute atomic E-state index is 6.23. The Balaban J connectivity index is 3.46. The Hall–Kier alpha value is 0.788. The Bertz CT molecular complexity index is 277. The van der Waals surface area contributed by atoms with Gasteiger partial charge in [0.05, 0.1) is 0 Å². The first-order chi connectivity index (χ1) is 11.0. The van der Waals surface area contributed by atoms with Gasteiger partial charge in [-0.15, -0.1) is 0 Å². The van der Waals surface area contributed by atoms with Gasteiger partial charge in [0.1, 0.15) is 0 Å². The molecule has 0 atom stereocenters. The molecule has 6 heteroatoms. The van der Waals surface area contributed by atoms with Crippen LogP contribution in [0.4, 0.5) is 0 Å². The van der Waals surface area contributed by atoms with Gasteiger partial charge in [0.15, 0.2) is 34.7 Å². The van der Waals surface area contributed by atoms with Crippen molar-refractivity contribution in [2.75, 3.05) is 0 Å². The van der Waals surface area contributed by atoms with Crippen molar-refractivity contribution < 1.29 is 8.23 Å². The average Bonchev–Trinajstić information content (AvgIpc) is 2.37. The van der Waals surface area contributed by atoms with Gasteiger partial charge in [0.25, 0.3) is 0 Å². The molecule has 0 amide bonds. The highest BCUT2D eigenvalue weighted by Crippen LogP contribution is 2.20. The number of hydrogen-bond donors (Lipinski definition) is 0. The monoisotopic (exact) mass is 406 g/mol. The standard InChI is InChI=1S/C18H46O2Si4/c1-21(2)19-23(5,6)17-15-13-11-9-10-12-14-16-18-24(7,8)20-22(3)4/h21-22H,9-18H2,1-8H3. The first-order valence-electron chi connectivity index (χ1n) is 10.4. The molecule has 0 aromatic rings. The third kappa shape index (κ3) is 16.3. The van der Waals surface area contributed by atoms with E-state index < -0.39 is 34.7 Å². The molecule has 0 aromatic carbocycles. The highest BCUT2D eigenvalue weighted by atomic mass is 28.4. The Morgan fingerprint density at radius 1 is 0.500 bits per heavy atom. The van der Waals surface area contributed by atoms with Gasteiger partial charge in [-0.2, -0.15) is 0 Å². The van der Waals surface area contributed by atoms with E-state index in [1.54, 1.807) is 0 Å². The molecule has 0 unspecified atom stereocenters. The maximum atomic E-state index is 6.23. The zero-order chi connectivity index (χ0) is 18.6. The van der Waals surface area contributed by atoms with E-state index in [-0.39, 0.29) is 0 Å². The molecule has 0 aliphatic rings. The lowest BCUT2D eigenvalue weighted by molar-refractivity contribution is 0.541. The SMILES string of the molecule is C[SiH](C)O[Si](C)(C)CCCCCCCCCC[Si](C)(C)O[SiH](C)C. The fourth-order valence-corrected chi connectivity index (χ4v) is 16.9. The minimum atomic E-state index is -1.33. The van der Waals surface area contributed by atoms with Crippen LogP contribution in [0.15, 0.2) is 0 Å². The fraction of sp³-hybridized carbons (Fsp3) is 1.00. The van der Waals surface area contributed by atoms with Crippen LogP contribution in [-0.2, 0) is 8.23 Å². The van der Waals surface area contributed by atoms with Crippen molar-refractivity contribution in [3.8, 4) is 0 Å². The van der Waals surface area contributed by atoms with Crippen LogP contribution in [0.5, 0.6) is 0 Å². The Morgan fingerprint density at radius 2 is 0.750 bits per heavy atom. The fourth-order valence-electron chi connectivity index (χ4n) is 3.56. The van der Waals surface area contributed by atoms with Crippen LogP contribution in [-0.4, -0.2) is 34.7 Å². The van der Waals surface area contributed by atoms with Crippen LogP contribution in [0.25, 0.3) is 0 Å². The molecule has 0 aromatic heterocycles. The molecule has 0 saturated heterocycles. The first kappa shape index (κ1) is 24.8. The Kier molecular flexibility index (Phi) is 13.5. The molecule has 0 spiro atoms. The molecule has 0 rings (SSSR count). The number of hydrogen-bond acceptors (Lipinski definition) is 2. The van der Waals surface area contributed by atoms with Gasteiger partial charge in [0.2, 0.25) is 0 Å². The van der Waals surface area contributed by atoms with Gasteiger partial charge < -0.3 is 8.23 Å². The largest absolute Gasteiger partial charge is 0.458 e. The summed E-state index contributed by atoms with van der Waals surface area (Å²) < 4.78 is 12.5. The first-order valence-corrected chi connectivity index (χ1v) is 22.2. The third-order valence-electron chi connectivity index (χ3n) is 4.42. The van der Waals surface area contributed by atoms with Gasteiger partial charge in [-0.3, -0.25) is 0 Å². The summed E-state index contributed by atoms with van der Waals surface area (Å²) in [7, 11) is -4.33. The van der Waals surface area contributed by atoms with Crippen LogP contribution in [0, 0.1) is 0 Å². The second-order valence-electron chi connectivity index (χ2n) is 9.18. The summed E-state index contributed by atoms with van der Waals surface area (Å²) in [6, 6.07) is 2.72. The molecule has 24 heavy (non-hydrogen) atoms. The second-order valence-corrected chi connectivity index (χ2v) is 23.3. The molecule has 0 fully saturated rings. The van der Waals surface area contributed by atoms with Crippen molar-refractivity contribution in [1.82, 2.24) is 0 Å². The normalized spacial score (nSPS) is 13.2. The summed E-state index contributed by atoms with van der Waals surface area (Å²) in [4.78, 5) is 0. The quantitative estimate of drug-likeness (QED) is 0.228. The van der Waals surface area contributed by atoms with Crippen LogP contribution < -0.4 is 0 Å². The van der Waals surface area contributed by atoms with E-state index in [0.29, 0.717) is 0 Å². The number of unbranched alkanes of at least 4 members (excludes halogenated alkanes) is 7. The van der Waals surface area contributed by atoms with Gasteiger partial charge in [-0.05, 0) is 64.5 Å². The highest BCUT2D eigenvalue weighted by molar-refractivity contribution is 6.78. The van der Waals surface area contributed by atoms with E-state index in [1.807, 2.05) is 0 Å². The minimum Gasteiger partial charge on any atom is -0.458 e. The molecule has 2 nitrogen and oxygen atoms in total. The van der Waals surface area contributed by atoms with Gasteiger partial charge in [-0.1, -0.05) is 51.4 Å². The van der Waals surface area contributed by atoms with E-state index in [0.717, 1.165) is 0 Å². The molecule has 0 aliphatic carbocycles. The van der Waals surface area contributed by atoms with Crippen LogP contribution in [0.3, 0.4) is 0 Å². The predicted octanol–water partition coefficient (Wildman–Crippen LogP) is 6.52. The molecule has 0 aliphatic heterocycles. The summed E-state index contributed by atoms with van der Waals surface area (Å²) in [6.45, 7) is 18.8. The Labute approximate surface area is 158 Å². The topological polar surface area (TPSA) is 18.5 Å². The summed E-state index contributed by atoms with van der Waals surface area (Å²) in [5.74, 6) is 0. The minimum absolute atomic E-state index is 0.840. The van der Waals surface area contributed by atoms with Crippen molar-refractivity contribution in [1.29, 1.82) is 0 Å². The molecular formula is C18H46O2Si4. The zero-order valence-electron chi connectivity index (χ0n) is 18.0. The van der Waals surface area contributed by atoms with Gasteiger partial charge in [-0.25, -0.2) is 0 Å². The summed E-state index contributed by atoms with van der Waals surface area (Å²) in [6.07, 6.45) is 11.3. The smallest absolute Gasteiger partial charge is 0.173 e. The molecule has 0 N–H and O–H groups in total. The van der Waals surface area contributed by atoms with Gasteiger partial charge in [0, 0.05) is 0 Å². The lowest BCUT2D eigenvalue weighted by Crippen LogP contribution is -2.34. The third-order valence-corrected chi connectivity index (χ3v) is 16.4. The zero-order valence-corrected chi connectivity index (χ0v) is 22.4. The molecule has 0 bridgehead atoms. The maximum Gasteiger partial charge on any atom is 0.173 e. The van der Waals surface area contributed by atoms with Crippen molar-refractivity contribution in [2.45, 2.75) is 116 Å². The second kappa shape index (κ2) is 13.0. The lowest BCUT2D eigenvalue weighted by atomic mass is 10.1. The van der Waals surface area contributed by atoms with Crippen LogP contribution in [0.1, 0.15) is 51.4 Å². The molecule has 146 valence electrons. The average molecular weight is 407 g/mol. The van der Waals surface area contributed by atoms with E-state index in [2.05, 4.69) is 52.4 Å². The van der Waals surface area contributed by atoms with Crippen molar-refractivity contribution >= 4 is 34.7 Å². The number of rotatable bonds is 15. The summed E-state index contributed by atoms with van der Waals surface area (Å²) in [5, 5.41) is 0.